The molecule has 1 aliphatic heterocycles. The Labute approximate surface area is 225 Å². The molecular weight excluding hydrogens is 531 g/mol. The molecule has 0 spiro atoms. The number of halogens is 3. The Kier molecular flexibility index (Phi) is 7.03. The van der Waals surface area contributed by atoms with E-state index >= 15 is 0 Å². The highest BCUT2D eigenvalue weighted by atomic mass is 19.4. The molecular formula is C27H22F3N5O5. The zero-order valence-corrected chi connectivity index (χ0v) is 20.7. The number of hydrogen-bond donors (Lipinski definition) is 3. The largest absolute Gasteiger partial charge is 0.465 e. The first-order chi connectivity index (χ1) is 19.1. The lowest BCUT2D eigenvalue weighted by Gasteiger charge is -2.32. The number of nitrogens with one attached hydrogen (secondary N) is 2. The van der Waals surface area contributed by atoms with Crippen LogP contribution in [0.1, 0.15) is 26.4 Å². The number of piperazine rings is 1. The van der Waals surface area contributed by atoms with E-state index in [1.54, 1.807) is 35.2 Å². The highest BCUT2D eigenvalue weighted by Gasteiger charge is 2.30. The highest BCUT2D eigenvalue weighted by Crippen LogP contribution is 2.29. The zero-order valence-electron chi connectivity index (χ0n) is 20.7. The average molecular weight is 553 g/mol. The van der Waals surface area contributed by atoms with Crippen LogP contribution in [-0.4, -0.2) is 69.0 Å². The SMILES string of the molecule is O=C(Nc1ccc(Oc2ccc3[nH]c(C(=O)N4CCN(C(=O)O)CC4)cc3c2)nc1)c1ccc(C(F)(F)F)cc1. The Hall–Kier alpha value is -5.07. The predicted molar refractivity (Wildman–Crippen MR) is 138 cm³/mol. The fraction of sp³-hybridized carbons (Fsp3) is 0.185. The molecule has 13 heteroatoms. The van der Waals surface area contributed by atoms with Crippen LogP contribution in [0.4, 0.5) is 23.7 Å². The Balaban J connectivity index is 1.20. The third-order valence-corrected chi connectivity index (χ3v) is 6.35. The maximum Gasteiger partial charge on any atom is 0.416 e. The Morgan fingerprint density at radius 2 is 1.62 bits per heavy atom. The number of anilines is 1. The Morgan fingerprint density at radius 3 is 2.25 bits per heavy atom. The first kappa shape index (κ1) is 26.5. The van der Waals surface area contributed by atoms with Crippen molar-refractivity contribution in [3.63, 3.8) is 0 Å². The summed E-state index contributed by atoms with van der Waals surface area (Å²) in [5.74, 6) is -0.125. The fourth-order valence-corrected chi connectivity index (χ4v) is 4.21. The van der Waals surface area contributed by atoms with Crippen LogP contribution >= 0.6 is 0 Å². The molecule has 0 bridgehead atoms. The molecule has 206 valence electrons. The molecule has 2 aromatic carbocycles. The number of rotatable bonds is 5. The molecule has 4 aromatic rings. The minimum Gasteiger partial charge on any atom is -0.465 e. The van der Waals surface area contributed by atoms with E-state index in [1.807, 2.05) is 0 Å². The van der Waals surface area contributed by atoms with E-state index in [1.165, 1.54) is 17.2 Å². The number of amides is 3. The quantitative estimate of drug-likeness (QED) is 0.317. The van der Waals surface area contributed by atoms with Gasteiger partial charge in [-0.3, -0.25) is 9.59 Å². The van der Waals surface area contributed by atoms with Crippen molar-refractivity contribution >= 4 is 34.5 Å². The van der Waals surface area contributed by atoms with Crippen molar-refractivity contribution in [2.24, 2.45) is 0 Å². The fourth-order valence-electron chi connectivity index (χ4n) is 4.21. The van der Waals surface area contributed by atoms with Crippen LogP contribution in [0.15, 0.2) is 66.9 Å². The lowest BCUT2D eigenvalue weighted by Crippen LogP contribution is -2.50. The number of pyridine rings is 1. The van der Waals surface area contributed by atoms with Crippen molar-refractivity contribution in [3.05, 3.63) is 83.7 Å². The number of nitrogens with zero attached hydrogens (tertiary/aromatic N) is 3. The van der Waals surface area contributed by atoms with Crippen LogP contribution in [0.25, 0.3) is 10.9 Å². The maximum atomic E-state index is 12.9. The molecule has 0 unspecified atom stereocenters. The molecule has 2 aromatic heterocycles. The first-order valence-corrected chi connectivity index (χ1v) is 12.1. The van der Waals surface area contributed by atoms with Gasteiger partial charge in [-0.25, -0.2) is 9.78 Å². The number of hydrogen-bond acceptors (Lipinski definition) is 5. The number of alkyl halides is 3. The molecule has 5 rings (SSSR count). The molecule has 0 saturated carbocycles. The van der Waals surface area contributed by atoms with Gasteiger partial charge in [-0.05, 0) is 54.6 Å². The van der Waals surface area contributed by atoms with E-state index in [0.29, 0.717) is 35.7 Å². The van der Waals surface area contributed by atoms with Gasteiger partial charge in [0.05, 0.1) is 17.4 Å². The number of benzene rings is 2. The summed E-state index contributed by atoms with van der Waals surface area (Å²) in [6, 6.07) is 13.8. The third-order valence-electron chi connectivity index (χ3n) is 6.35. The van der Waals surface area contributed by atoms with E-state index in [-0.39, 0.29) is 30.4 Å². The van der Waals surface area contributed by atoms with Crippen LogP contribution in [0.5, 0.6) is 11.6 Å². The van der Waals surface area contributed by atoms with Crippen molar-refractivity contribution in [1.82, 2.24) is 19.8 Å². The minimum absolute atomic E-state index is 0.0634. The van der Waals surface area contributed by atoms with Gasteiger partial charge >= 0.3 is 12.3 Å². The standard InChI is InChI=1S/C27H22F3N5O5/c28-27(29,30)18-3-1-16(2-4-18)24(36)32-19-5-8-23(31-15-19)40-20-6-7-21-17(13-20)14-22(33-21)25(37)34-9-11-35(12-10-34)26(38)39/h1-8,13-15,33H,9-12H2,(H,32,36)(H,38,39). The van der Waals surface area contributed by atoms with Gasteiger partial charge in [-0.15, -0.1) is 0 Å². The van der Waals surface area contributed by atoms with E-state index in [2.05, 4.69) is 15.3 Å². The summed E-state index contributed by atoms with van der Waals surface area (Å²) in [5.41, 5.74) is 0.638. The molecule has 40 heavy (non-hydrogen) atoms. The Bertz CT molecular complexity index is 1560. The number of H-pyrrole nitrogens is 1. The van der Waals surface area contributed by atoms with Crippen LogP contribution in [0.3, 0.4) is 0 Å². The van der Waals surface area contributed by atoms with Gasteiger partial charge in [-0.2, -0.15) is 13.2 Å². The highest BCUT2D eigenvalue weighted by molar-refractivity contribution is 6.04. The number of aromatic nitrogens is 2. The molecule has 0 atom stereocenters. The second-order valence-electron chi connectivity index (χ2n) is 9.01. The molecule has 3 heterocycles. The molecule has 3 amide bonds. The molecule has 1 saturated heterocycles. The monoisotopic (exact) mass is 553 g/mol. The lowest BCUT2D eigenvalue weighted by atomic mass is 10.1. The third kappa shape index (κ3) is 5.82. The van der Waals surface area contributed by atoms with Crippen molar-refractivity contribution in [2.75, 3.05) is 31.5 Å². The number of carboxylic acid groups (broad SMARTS) is 1. The van der Waals surface area contributed by atoms with Crippen molar-refractivity contribution < 1.29 is 37.4 Å². The van der Waals surface area contributed by atoms with Crippen molar-refractivity contribution in [3.8, 4) is 11.6 Å². The van der Waals surface area contributed by atoms with Gasteiger partial charge < -0.3 is 29.9 Å². The van der Waals surface area contributed by atoms with Crippen molar-refractivity contribution in [2.45, 2.75) is 6.18 Å². The summed E-state index contributed by atoms with van der Waals surface area (Å²) in [7, 11) is 0. The van der Waals surface area contributed by atoms with Gasteiger partial charge in [0.15, 0.2) is 0 Å². The Morgan fingerprint density at radius 1 is 0.925 bits per heavy atom. The summed E-state index contributed by atoms with van der Waals surface area (Å²) in [4.78, 5) is 46.4. The smallest absolute Gasteiger partial charge is 0.416 e. The van der Waals surface area contributed by atoms with Crippen molar-refractivity contribution in [1.29, 1.82) is 0 Å². The van der Waals surface area contributed by atoms with E-state index in [9.17, 15) is 27.6 Å². The van der Waals surface area contributed by atoms with Crippen LogP contribution in [0.2, 0.25) is 0 Å². The summed E-state index contributed by atoms with van der Waals surface area (Å²) >= 11 is 0. The van der Waals surface area contributed by atoms with Gasteiger partial charge in [0.1, 0.15) is 11.4 Å². The van der Waals surface area contributed by atoms with Gasteiger partial charge in [0.25, 0.3) is 11.8 Å². The van der Waals surface area contributed by atoms with E-state index in [4.69, 9.17) is 9.84 Å². The summed E-state index contributed by atoms with van der Waals surface area (Å²) in [5, 5.41) is 12.4. The van der Waals surface area contributed by atoms with Gasteiger partial charge in [0, 0.05) is 48.7 Å². The molecule has 3 N–H and O–H groups in total. The number of fused-ring (bicyclic) bond motifs is 1. The number of carbonyl (C=O) groups excluding carboxylic acids is 2. The van der Waals surface area contributed by atoms with Gasteiger partial charge in [0.2, 0.25) is 5.88 Å². The van der Waals surface area contributed by atoms with Crippen LogP contribution in [-0.2, 0) is 6.18 Å². The van der Waals surface area contributed by atoms with E-state index < -0.39 is 23.7 Å². The summed E-state index contributed by atoms with van der Waals surface area (Å²) in [6.45, 7) is 1.12. The molecule has 1 fully saturated rings. The number of carbonyl (C=O) groups is 3. The topological polar surface area (TPSA) is 128 Å². The molecule has 1 aliphatic rings. The molecule has 10 nitrogen and oxygen atoms in total. The second-order valence-corrected chi connectivity index (χ2v) is 9.01. The van der Waals surface area contributed by atoms with Gasteiger partial charge in [-0.1, -0.05) is 0 Å². The van der Waals surface area contributed by atoms with Crippen LogP contribution < -0.4 is 10.1 Å². The number of ether oxygens (including phenoxy) is 1. The minimum atomic E-state index is -4.49. The van der Waals surface area contributed by atoms with Crippen LogP contribution in [0, 0.1) is 0 Å². The maximum absolute atomic E-state index is 12.9. The number of aromatic amines is 1. The predicted octanol–water partition coefficient (Wildman–Crippen LogP) is 5.06. The lowest BCUT2D eigenvalue weighted by molar-refractivity contribution is -0.137. The molecule has 0 radical (unpaired) electrons. The first-order valence-electron chi connectivity index (χ1n) is 12.1. The zero-order chi connectivity index (χ0) is 28.4. The average Bonchev–Trinajstić information content (AvgIpc) is 3.37. The second kappa shape index (κ2) is 10.6. The summed E-state index contributed by atoms with van der Waals surface area (Å²) in [6.07, 6.45) is -4.13. The molecule has 0 aliphatic carbocycles. The van der Waals surface area contributed by atoms with E-state index in [0.717, 1.165) is 29.7 Å². The normalized spacial score (nSPS) is 13.8. The summed E-state index contributed by atoms with van der Waals surface area (Å²) < 4.78 is 44.0.